The normalized spacial score (nSPS) is 18.6. The summed E-state index contributed by atoms with van der Waals surface area (Å²) in [6.07, 6.45) is 4.80. The molecule has 1 atom stereocenters. The highest BCUT2D eigenvalue weighted by Crippen LogP contribution is 2.25. The largest absolute Gasteiger partial charge is 0.472 e. The lowest BCUT2D eigenvalue weighted by atomic mass is 10.3. The molecule has 0 unspecified atom stereocenters. The molecule has 9 nitrogen and oxygen atoms in total. The van der Waals surface area contributed by atoms with Crippen LogP contribution in [0.2, 0.25) is 0 Å². The maximum atomic E-state index is 12.8. The van der Waals surface area contributed by atoms with Crippen molar-refractivity contribution in [3.8, 4) is 5.88 Å². The molecular formula is C15H14N4O5S. The van der Waals surface area contributed by atoms with Crippen molar-refractivity contribution in [2.24, 2.45) is 0 Å². The van der Waals surface area contributed by atoms with Crippen molar-refractivity contribution in [2.45, 2.75) is 17.4 Å². The second-order valence-corrected chi connectivity index (χ2v) is 7.55. The number of aromatic nitrogens is 3. The maximum absolute atomic E-state index is 12.8. The summed E-state index contributed by atoms with van der Waals surface area (Å²) in [5.41, 5.74) is 0.659. The molecule has 3 aromatic rings. The van der Waals surface area contributed by atoms with Gasteiger partial charge in [0.1, 0.15) is 6.10 Å². The van der Waals surface area contributed by atoms with Gasteiger partial charge < -0.3 is 9.15 Å². The van der Waals surface area contributed by atoms with Crippen LogP contribution < -0.4 is 10.5 Å². The molecule has 0 saturated carbocycles. The molecular weight excluding hydrogens is 348 g/mol. The Balaban J connectivity index is 1.54. The number of sulfonamides is 1. The standard InChI is InChI=1S/C15H14N4O5S/c20-15-18-12-7-11(1-2-13(12)24-15)25(21,22)19-6-3-10(9-19)23-14-8-16-4-5-17-14/h1-2,4-5,7-8,10H,3,6,9H2,(H,18,20)/t10-/m1/s1. The Bertz CT molecular complexity index is 1060. The van der Waals surface area contributed by atoms with Gasteiger partial charge in [-0.25, -0.2) is 18.2 Å². The highest BCUT2D eigenvalue weighted by atomic mass is 32.2. The summed E-state index contributed by atoms with van der Waals surface area (Å²) < 4.78 is 37.5. The number of hydrogen-bond acceptors (Lipinski definition) is 7. The lowest BCUT2D eigenvalue weighted by molar-refractivity contribution is 0.206. The van der Waals surface area contributed by atoms with E-state index >= 15 is 0 Å². The van der Waals surface area contributed by atoms with Crippen LogP contribution in [-0.4, -0.2) is 46.9 Å². The fourth-order valence-corrected chi connectivity index (χ4v) is 4.28. The van der Waals surface area contributed by atoms with E-state index in [4.69, 9.17) is 9.15 Å². The molecule has 25 heavy (non-hydrogen) atoms. The van der Waals surface area contributed by atoms with Gasteiger partial charge in [0.05, 0.1) is 23.2 Å². The molecule has 1 N–H and O–H groups in total. The van der Waals surface area contributed by atoms with Gasteiger partial charge in [-0.2, -0.15) is 4.31 Å². The number of hydrogen-bond donors (Lipinski definition) is 1. The molecule has 1 fully saturated rings. The van der Waals surface area contributed by atoms with E-state index in [0.717, 1.165) is 0 Å². The van der Waals surface area contributed by atoms with Gasteiger partial charge in [0, 0.05) is 18.9 Å². The number of benzene rings is 1. The lowest BCUT2D eigenvalue weighted by Crippen LogP contribution is -2.31. The minimum Gasteiger partial charge on any atom is -0.472 e. The van der Waals surface area contributed by atoms with Gasteiger partial charge >= 0.3 is 5.76 Å². The summed E-state index contributed by atoms with van der Waals surface area (Å²) in [6, 6.07) is 4.28. The van der Waals surface area contributed by atoms with Crippen LogP contribution in [0.1, 0.15) is 6.42 Å². The summed E-state index contributed by atoms with van der Waals surface area (Å²) >= 11 is 0. The number of fused-ring (bicyclic) bond motifs is 1. The summed E-state index contributed by atoms with van der Waals surface area (Å²) in [6.45, 7) is 0.562. The van der Waals surface area contributed by atoms with Gasteiger partial charge in [-0.1, -0.05) is 0 Å². The van der Waals surface area contributed by atoms with E-state index in [-0.39, 0.29) is 17.5 Å². The number of nitrogens with one attached hydrogen (secondary N) is 1. The van der Waals surface area contributed by atoms with Crippen LogP contribution in [0.15, 0.2) is 50.9 Å². The Morgan fingerprint density at radius 2 is 2.20 bits per heavy atom. The first-order valence-electron chi connectivity index (χ1n) is 7.58. The van der Waals surface area contributed by atoms with E-state index in [1.54, 1.807) is 0 Å². The number of oxazole rings is 1. The molecule has 0 bridgehead atoms. The third kappa shape index (κ3) is 3.01. The van der Waals surface area contributed by atoms with Crippen molar-refractivity contribution >= 4 is 21.1 Å². The number of ether oxygens (including phenoxy) is 1. The van der Waals surface area contributed by atoms with E-state index in [1.807, 2.05) is 0 Å². The highest BCUT2D eigenvalue weighted by molar-refractivity contribution is 7.89. The second kappa shape index (κ2) is 5.97. The predicted octanol–water partition coefficient (Wildman–Crippen LogP) is 0.753. The van der Waals surface area contributed by atoms with Gasteiger partial charge in [0.2, 0.25) is 15.9 Å². The predicted molar refractivity (Wildman–Crippen MR) is 86.7 cm³/mol. The molecule has 2 aromatic heterocycles. The number of H-pyrrole nitrogens is 1. The first kappa shape index (κ1) is 15.8. The minimum atomic E-state index is -3.69. The number of aromatic amines is 1. The van der Waals surface area contributed by atoms with Crippen molar-refractivity contribution in [1.82, 2.24) is 19.3 Å². The van der Waals surface area contributed by atoms with E-state index in [1.165, 1.54) is 41.1 Å². The SMILES string of the molecule is O=c1[nH]c2cc(S(=O)(=O)N3CC[C@@H](Oc4cnccn4)C3)ccc2o1. The van der Waals surface area contributed by atoms with Crippen LogP contribution in [0.25, 0.3) is 11.1 Å². The fourth-order valence-electron chi connectivity index (χ4n) is 2.77. The first-order valence-corrected chi connectivity index (χ1v) is 9.02. The van der Waals surface area contributed by atoms with Gasteiger partial charge in [-0.05, 0) is 24.6 Å². The van der Waals surface area contributed by atoms with Crippen molar-refractivity contribution < 1.29 is 17.6 Å². The Kier molecular flexibility index (Phi) is 3.77. The summed E-state index contributed by atoms with van der Waals surface area (Å²) in [7, 11) is -3.69. The first-order chi connectivity index (χ1) is 12.0. The monoisotopic (exact) mass is 362 g/mol. The molecule has 0 amide bonds. The third-order valence-corrected chi connectivity index (χ3v) is 5.82. The van der Waals surface area contributed by atoms with Crippen molar-refractivity contribution in [2.75, 3.05) is 13.1 Å². The lowest BCUT2D eigenvalue weighted by Gasteiger charge is -2.17. The third-order valence-electron chi connectivity index (χ3n) is 3.96. The molecule has 1 aliphatic heterocycles. The quantitative estimate of drug-likeness (QED) is 0.727. The van der Waals surface area contributed by atoms with Gasteiger partial charge in [0.25, 0.3) is 0 Å². The Morgan fingerprint density at radius 3 is 3.00 bits per heavy atom. The minimum absolute atomic E-state index is 0.0946. The van der Waals surface area contributed by atoms with Crippen molar-refractivity contribution in [1.29, 1.82) is 0 Å². The zero-order valence-corrected chi connectivity index (χ0v) is 13.8. The van der Waals surface area contributed by atoms with Gasteiger partial charge in [-0.3, -0.25) is 9.97 Å². The van der Waals surface area contributed by atoms with E-state index < -0.39 is 15.8 Å². The Morgan fingerprint density at radius 1 is 1.32 bits per heavy atom. The van der Waals surface area contributed by atoms with Crippen molar-refractivity contribution in [3.05, 3.63) is 47.3 Å². The van der Waals surface area contributed by atoms with Gasteiger partial charge in [0.15, 0.2) is 5.58 Å². The molecule has 1 aromatic carbocycles. The zero-order valence-electron chi connectivity index (χ0n) is 13.0. The van der Waals surface area contributed by atoms with Crippen LogP contribution in [0.4, 0.5) is 0 Å². The molecule has 0 aliphatic carbocycles. The van der Waals surface area contributed by atoms with Crippen LogP contribution in [0, 0.1) is 0 Å². The summed E-state index contributed by atoms with van der Waals surface area (Å²) in [5, 5.41) is 0. The summed E-state index contributed by atoms with van der Waals surface area (Å²) in [4.78, 5) is 21.7. The van der Waals surface area contributed by atoms with Crippen LogP contribution in [0.5, 0.6) is 5.88 Å². The number of rotatable bonds is 4. The maximum Gasteiger partial charge on any atom is 0.417 e. The van der Waals surface area contributed by atoms with E-state index in [9.17, 15) is 13.2 Å². The average Bonchev–Trinajstić information content (AvgIpc) is 3.21. The summed E-state index contributed by atoms with van der Waals surface area (Å²) in [5.74, 6) is -0.257. The van der Waals surface area contributed by atoms with E-state index in [2.05, 4.69) is 15.0 Å². The average molecular weight is 362 g/mol. The van der Waals surface area contributed by atoms with E-state index in [0.29, 0.717) is 29.9 Å². The molecule has 4 rings (SSSR count). The molecule has 130 valence electrons. The van der Waals surface area contributed by atoms with Crippen LogP contribution in [0.3, 0.4) is 0 Å². The zero-order chi connectivity index (χ0) is 17.4. The van der Waals surface area contributed by atoms with Crippen molar-refractivity contribution in [3.63, 3.8) is 0 Å². The van der Waals surface area contributed by atoms with Gasteiger partial charge in [-0.15, -0.1) is 0 Å². The molecule has 3 heterocycles. The number of nitrogens with zero attached hydrogens (tertiary/aromatic N) is 3. The Labute approximate surface area is 142 Å². The fraction of sp³-hybridized carbons (Fsp3) is 0.267. The molecule has 0 spiro atoms. The topological polar surface area (TPSA) is 118 Å². The molecule has 10 heteroatoms. The highest BCUT2D eigenvalue weighted by Gasteiger charge is 2.34. The van der Waals surface area contributed by atoms with Crippen LogP contribution in [-0.2, 0) is 10.0 Å². The molecule has 0 radical (unpaired) electrons. The van der Waals surface area contributed by atoms with Crippen LogP contribution >= 0.6 is 0 Å². The molecule has 1 saturated heterocycles. The smallest absolute Gasteiger partial charge is 0.417 e. The molecule has 1 aliphatic rings. The second-order valence-electron chi connectivity index (χ2n) is 5.61. The Hall–Kier alpha value is -2.72.